The van der Waals surface area contributed by atoms with Crippen LogP contribution in [0.2, 0.25) is 0 Å². The third-order valence-electron chi connectivity index (χ3n) is 4.76. The molecule has 0 bridgehead atoms. The predicted molar refractivity (Wildman–Crippen MR) is 107 cm³/mol. The predicted octanol–water partition coefficient (Wildman–Crippen LogP) is 3.00. The zero-order valence-corrected chi connectivity index (χ0v) is 16.2. The lowest BCUT2D eigenvalue weighted by Gasteiger charge is -2.34. The number of hydrogen-bond donors (Lipinski definition) is 0. The highest BCUT2D eigenvalue weighted by Crippen LogP contribution is 2.16. The van der Waals surface area contributed by atoms with Gasteiger partial charge in [-0.2, -0.15) is 0 Å². The lowest BCUT2D eigenvalue weighted by atomic mass is 10.1. The first-order valence-electron chi connectivity index (χ1n) is 9.60. The average Bonchev–Trinajstić information content (AvgIpc) is 2.70. The zero-order valence-electron chi connectivity index (χ0n) is 16.2. The van der Waals surface area contributed by atoms with Gasteiger partial charge in [0.15, 0.2) is 6.79 Å². The Hall–Kier alpha value is -1.92. The quantitative estimate of drug-likeness (QED) is 0.474. The molecular formula is C22H30N2O3. The molecule has 1 aliphatic heterocycles. The molecule has 1 aliphatic rings. The first-order valence-corrected chi connectivity index (χ1v) is 9.60. The number of methoxy groups -OCH3 is 1. The normalized spacial score (nSPS) is 15.7. The van der Waals surface area contributed by atoms with E-state index in [1.807, 2.05) is 12.1 Å². The third kappa shape index (κ3) is 6.96. The molecule has 146 valence electrons. The first-order chi connectivity index (χ1) is 13.3. The van der Waals surface area contributed by atoms with Crippen LogP contribution >= 0.6 is 0 Å². The summed E-state index contributed by atoms with van der Waals surface area (Å²) < 4.78 is 16.0. The molecule has 5 heteroatoms. The number of hydrogen-bond acceptors (Lipinski definition) is 5. The van der Waals surface area contributed by atoms with Gasteiger partial charge in [0.1, 0.15) is 5.75 Å². The van der Waals surface area contributed by atoms with Crippen molar-refractivity contribution in [3.05, 3.63) is 65.7 Å². The molecule has 0 unspecified atom stereocenters. The summed E-state index contributed by atoms with van der Waals surface area (Å²) in [6.45, 7) is 7.79. The van der Waals surface area contributed by atoms with Gasteiger partial charge in [0, 0.05) is 46.4 Å². The molecular weight excluding hydrogens is 340 g/mol. The SMILES string of the molecule is COCCOCOc1cccc(CN2CCN(Cc3ccccc3)CC2)c1. The summed E-state index contributed by atoms with van der Waals surface area (Å²) >= 11 is 0. The van der Waals surface area contributed by atoms with E-state index in [0.717, 1.165) is 45.0 Å². The Labute approximate surface area is 162 Å². The average molecular weight is 370 g/mol. The van der Waals surface area contributed by atoms with Crippen molar-refractivity contribution in [1.82, 2.24) is 9.80 Å². The molecule has 3 rings (SSSR count). The summed E-state index contributed by atoms with van der Waals surface area (Å²) in [4.78, 5) is 5.04. The maximum Gasteiger partial charge on any atom is 0.189 e. The summed E-state index contributed by atoms with van der Waals surface area (Å²) in [5, 5.41) is 0. The molecule has 1 fully saturated rings. The van der Waals surface area contributed by atoms with Crippen molar-refractivity contribution in [2.45, 2.75) is 13.1 Å². The Kier molecular flexibility index (Phi) is 8.11. The molecule has 0 aliphatic carbocycles. The second kappa shape index (κ2) is 11.0. The minimum atomic E-state index is 0.255. The van der Waals surface area contributed by atoms with Crippen LogP contribution in [0, 0.1) is 0 Å². The highest BCUT2D eigenvalue weighted by atomic mass is 16.7. The molecule has 27 heavy (non-hydrogen) atoms. The Morgan fingerprint density at radius 1 is 0.778 bits per heavy atom. The Morgan fingerprint density at radius 2 is 1.44 bits per heavy atom. The molecule has 5 nitrogen and oxygen atoms in total. The molecule has 0 aromatic heterocycles. The van der Waals surface area contributed by atoms with Gasteiger partial charge in [-0.15, -0.1) is 0 Å². The van der Waals surface area contributed by atoms with Crippen LogP contribution in [0.3, 0.4) is 0 Å². The molecule has 1 saturated heterocycles. The van der Waals surface area contributed by atoms with Crippen molar-refractivity contribution in [3.8, 4) is 5.75 Å². The first kappa shape index (κ1) is 19.8. The number of piperazine rings is 1. The van der Waals surface area contributed by atoms with Gasteiger partial charge in [-0.1, -0.05) is 42.5 Å². The summed E-state index contributed by atoms with van der Waals surface area (Å²) in [7, 11) is 1.66. The largest absolute Gasteiger partial charge is 0.468 e. The zero-order chi connectivity index (χ0) is 18.7. The van der Waals surface area contributed by atoms with Crippen molar-refractivity contribution >= 4 is 0 Å². The van der Waals surface area contributed by atoms with Crippen LogP contribution in [0.4, 0.5) is 0 Å². The lowest BCUT2D eigenvalue weighted by Crippen LogP contribution is -2.45. The van der Waals surface area contributed by atoms with E-state index in [4.69, 9.17) is 14.2 Å². The smallest absolute Gasteiger partial charge is 0.189 e. The molecule has 0 atom stereocenters. The Morgan fingerprint density at radius 3 is 2.15 bits per heavy atom. The monoisotopic (exact) mass is 370 g/mol. The lowest BCUT2D eigenvalue weighted by molar-refractivity contribution is -0.00852. The van der Waals surface area contributed by atoms with Gasteiger partial charge < -0.3 is 14.2 Å². The molecule has 2 aromatic rings. The maximum absolute atomic E-state index is 5.66. The minimum Gasteiger partial charge on any atom is -0.468 e. The number of nitrogens with zero attached hydrogens (tertiary/aromatic N) is 2. The van der Waals surface area contributed by atoms with Gasteiger partial charge in [0.25, 0.3) is 0 Å². The van der Waals surface area contributed by atoms with Crippen molar-refractivity contribution in [1.29, 1.82) is 0 Å². The van der Waals surface area contributed by atoms with E-state index in [9.17, 15) is 0 Å². The fourth-order valence-corrected chi connectivity index (χ4v) is 3.25. The van der Waals surface area contributed by atoms with Crippen LogP contribution in [-0.2, 0) is 22.6 Å². The van der Waals surface area contributed by atoms with Crippen LogP contribution in [0.25, 0.3) is 0 Å². The van der Waals surface area contributed by atoms with Crippen LogP contribution < -0.4 is 4.74 Å². The number of rotatable bonds is 10. The van der Waals surface area contributed by atoms with Crippen molar-refractivity contribution < 1.29 is 14.2 Å². The maximum atomic E-state index is 5.66. The molecule has 0 spiro atoms. The summed E-state index contributed by atoms with van der Waals surface area (Å²) in [5.41, 5.74) is 2.67. The summed E-state index contributed by atoms with van der Waals surface area (Å²) in [5.74, 6) is 0.854. The fourth-order valence-electron chi connectivity index (χ4n) is 3.25. The Balaban J connectivity index is 1.40. The molecule has 0 saturated carbocycles. The third-order valence-corrected chi connectivity index (χ3v) is 4.76. The van der Waals surface area contributed by atoms with Gasteiger partial charge in [0.05, 0.1) is 13.2 Å². The van der Waals surface area contributed by atoms with E-state index < -0.39 is 0 Å². The topological polar surface area (TPSA) is 34.2 Å². The van der Waals surface area contributed by atoms with Crippen molar-refractivity contribution in [2.24, 2.45) is 0 Å². The molecule has 0 N–H and O–H groups in total. The van der Waals surface area contributed by atoms with E-state index in [2.05, 4.69) is 52.3 Å². The molecule has 0 radical (unpaired) electrons. The van der Waals surface area contributed by atoms with Crippen molar-refractivity contribution in [2.75, 3.05) is 53.3 Å². The fraction of sp³-hybridized carbons (Fsp3) is 0.455. The highest BCUT2D eigenvalue weighted by Gasteiger charge is 2.17. The minimum absolute atomic E-state index is 0.255. The van der Waals surface area contributed by atoms with Crippen molar-refractivity contribution in [3.63, 3.8) is 0 Å². The van der Waals surface area contributed by atoms with Gasteiger partial charge in [-0.3, -0.25) is 9.80 Å². The van der Waals surface area contributed by atoms with Crippen LogP contribution in [0.15, 0.2) is 54.6 Å². The van der Waals surface area contributed by atoms with Gasteiger partial charge in [0.2, 0.25) is 0 Å². The van der Waals surface area contributed by atoms with Crippen LogP contribution in [-0.4, -0.2) is 63.1 Å². The van der Waals surface area contributed by atoms with E-state index in [1.165, 1.54) is 11.1 Å². The number of ether oxygens (including phenoxy) is 3. The second-order valence-electron chi connectivity index (χ2n) is 6.85. The van der Waals surface area contributed by atoms with Gasteiger partial charge >= 0.3 is 0 Å². The van der Waals surface area contributed by atoms with Crippen LogP contribution in [0.1, 0.15) is 11.1 Å². The van der Waals surface area contributed by atoms with E-state index in [1.54, 1.807) is 7.11 Å². The summed E-state index contributed by atoms with van der Waals surface area (Å²) in [6, 6.07) is 19.0. The molecule has 1 heterocycles. The highest BCUT2D eigenvalue weighted by molar-refractivity contribution is 5.28. The van der Waals surface area contributed by atoms with E-state index in [0.29, 0.717) is 13.2 Å². The second-order valence-corrected chi connectivity index (χ2v) is 6.85. The number of benzene rings is 2. The van der Waals surface area contributed by atoms with Gasteiger partial charge in [-0.05, 0) is 23.3 Å². The molecule has 0 amide bonds. The summed E-state index contributed by atoms with van der Waals surface area (Å²) in [6.07, 6.45) is 0. The van der Waals surface area contributed by atoms with E-state index >= 15 is 0 Å². The van der Waals surface area contributed by atoms with Crippen LogP contribution in [0.5, 0.6) is 5.75 Å². The molecule has 2 aromatic carbocycles. The van der Waals surface area contributed by atoms with E-state index in [-0.39, 0.29) is 6.79 Å². The standard InChI is InChI=1S/C22H30N2O3/c1-25-14-15-26-19-27-22-9-5-8-21(16-22)18-24-12-10-23(11-13-24)17-20-6-3-2-4-7-20/h2-9,16H,10-15,17-19H2,1H3. The Bertz CT molecular complexity index is 658. The van der Waals surface area contributed by atoms with Gasteiger partial charge in [-0.25, -0.2) is 0 Å².